The summed E-state index contributed by atoms with van der Waals surface area (Å²) in [5, 5.41) is 0. The highest BCUT2D eigenvalue weighted by Crippen LogP contribution is 2.26. The van der Waals surface area contributed by atoms with E-state index >= 15 is 0 Å². The third-order valence-electron chi connectivity index (χ3n) is 4.83. The van der Waals surface area contributed by atoms with Gasteiger partial charge in [-0.1, -0.05) is 90.4 Å². The van der Waals surface area contributed by atoms with Gasteiger partial charge in [0.25, 0.3) is 11.7 Å². The van der Waals surface area contributed by atoms with Crippen molar-refractivity contribution < 1.29 is 22.5 Å². The van der Waals surface area contributed by atoms with Crippen LogP contribution in [0, 0.1) is 0 Å². The molecule has 1 saturated heterocycles. The Kier molecular flexibility index (Phi) is 14.4. The van der Waals surface area contributed by atoms with E-state index in [1.807, 2.05) is 0 Å². The van der Waals surface area contributed by atoms with Crippen molar-refractivity contribution in [2.24, 2.45) is 0 Å². The highest BCUT2D eigenvalue weighted by molar-refractivity contribution is 7.82. The first-order valence-electron chi connectivity index (χ1n) is 10.6. The van der Waals surface area contributed by atoms with Crippen molar-refractivity contribution in [3.63, 3.8) is 0 Å². The lowest BCUT2D eigenvalue weighted by atomic mass is 10.0. The van der Waals surface area contributed by atoms with Crippen LogP contribution < -0.4 is 0 Å². The molecule has 6 heteroatoms. The molecule has 1 heterocycles. The summed E-state index contributed by atoms with van der Waals surface area (Å²) in [6.45, 7) is 4.29. The molecule has 0 amide bonds. The second-order valence-corrected chi connectivity index (χ2v) is 7.93. The standard InChI is InChI=1S/C20H38O5S/c1-3-5-6-7-8-9-10-11-12-13-14-15-16-17-18-19(20(21)23-4-2)25-26(22)24-18/h18-19H,3-17H2,1-2H3/t18-,19-,26?/m0/s1. The van der Waals surface area contributed by atoms with Crippen LogP contribution in [0.25, 0.3) is 0 Å². The number of unbranched alkanes of at least 4 members (excludes halogenated alkanes) is 12. The number of carbonyl (C=O) groups excluding carboxylic acids is 1. The van der Waals surface area contributed by atoms with E-state index in [1.165, 1.54) is 70.6 Å². The van der Waals surface area contributed by atoms with Gasteiger partial charge in [-0.25, -0.2) is 4.79 Å². The summed E-state index contributed by atoms with van der Waals surface area (Å²) in [7, 11) is 0. The fourth-order valence-corrected chi connectivity index (χ4v) is 4.12. The minimum Gasteiger partial charge on any atom is -0.553 e. The van der Waals surface area contributed by atoms with Gasteiger partial charge in [-0.2, -0.15) is 0 Å². The predicted molar refractivity (Wildman–Crippen MR) is 105 cm³/mol. The summed E-state index contributed by atoms with van der Waals surface area (Å²) in [6, 6.07) is 0. The van der Waals surface area contributed by atoms with Crippen LogP contribution in [0.3, 0.4) is 0 Å². The molecule has 1 fully saturated rings. The second kappa shape index (κ2) is 15.7. The Bertz CT molecular complexity index is 353. The van der Waals surface area contributed by atoms with Crippen LogP contribution in [0.5, 0.6) is 0 Å². The number of ether oxygens (including phenoxy) is 1. The van der Waals surface area contributed by atoms with Gasteiger partial charge >= 0.3 is 5.97 Å². The van der Waals surface area contributed by atoms with Crippen molar-refractivity contribution in [3.05, 3.63) is 0 Å². The van der Waals surface area contributed by atoms with Gasteiger partial charge in [0, 0.05) is 0 Å². The van der Waals surface area contributed by atoms with Crippen molar-refractivity contribution in [1.82, 2.24) is 0 Å². The lowest BCUT2D eigenvalue weighted by Crippen LogP contribution is -2.33. The molecule has 0 aromatic heterocycles. The maximum Gasteiger partial charge on any atom is 0.344 e. The molecule has 0 N–H and O–H groups in total. The Balaban J connectivity index is 1.94. The first-order chi connectivity index (χ1) is 12.7. The molecule has 1 rings (SSSR count). The van der Waals surface area contributed by atoms with Gasteiger partial charge in [0.15, 0.2) is 6.10 Å². The third-order valence-corrected chi connectivity index (χ3v) is 5.60. The Morgan fingerprint density at radius 1 is 0.846 bits per heavy atom. The van der Waals surface area contributed by atoms with E-state index in [4.69, 9.17) is 13.1 Å². The van der Waals surface area contributed by atoms with E-state index in [2.05, 4.69) is 6.92 Å². The van der Waals surface area contributed by atoms with Gasteiger partial charge in [-0.3, -0.25) is 0 Å². The molecule has 0 aromatic rings. The Morgan fingerprint density at radius 2 is 1.35 bits per heavy atom. The van der Waals surface area contributed by atoms with Crippen LogP contribution in [0.15, 0.2) is 0 Å². The van der Waals surface area contributed by atoms with E-state index in [1.54, 1.807) is 6.92 Å². The van der Waals surface area contributed by atoms with Gasteiger partial charge in [-0.05, 0) is 13.3 Å². The lowest BCUT2D eigenvalue weighted by Gasteiger charge is -2.10. The van der Waals surface area contributed by atoms with Crippen LogP contribution in [0.4, 0.5) is 0 Å². The number of rotatable bonds is 16. The smallest absolute Gasteiger partial charge is 0.344 e. The first kappa shape index (κ1) is 23.7. The topological polar surface area (TPSA) is 67.8 Å². The second-order valence-electron chi connectivity index (χ2n) is 7.14. The van der Waals surface area contributed by atoms with Crippen molar-refractivity contribution in [2.75, 3.05) is 6.61 Å². The van der Waals surface area contributed by atoms with Crippen LogP contribution >= 0.6 is 0 Å². The molecule has 0 aromatic carbocycles. The molecule has 154 valence electrons. The quantitative estimate of drug-likeness (QED) is 0.201. The molecule has 3 atom stereocenters. The summed E-state index contributed by atoms with van der Waals surface area (Å²) in [5.74, 6) is -0.474. The largest absolute Gasteiger partial charge is 0.553 e. The van der Waals surface area contributed by atoms with Crippen molar-refractivity contribution >= 4 is 17.7 Å². The average Bonchev–Trinajstić information content (AvgIpc) is 3.00. The first-order valence-corrected chi connectivity index (χ1v) is 11.6. The maximum absolute atomic E-state index is 11.8. The molecular weight excluding hydrogens is 352 g/mol. The summed E-state index contributed by atoms with van der Waals surface area (Å²) >= 11 is -1.82. The number of hydrogen-bond donors (Lipinski definition) is 0. The molecule has 5 nitrogen and oxygen atoms in total. The Morgan fingerprint density at radius 3 is 1.85 bits per heavy atom. The molecule has 0 aliphatic carbocycles. The van der Waals surface area contributed by atoms with Gasteiger partial charge in [0.1, 0.15) is 0 Å². The molecule has 1 aliphatic heterocycles. The summed E-state index contributed by atoms with van der Waals surface area (Å²) in [5.41, 5.74) is 0. The van der Waals surface area contributed by atoms with Crippen molar-refractivity contribution in [3.8, 4) is 0 Å². The van der Waals surface area contributed by atoms with Gasteiger partial charge in [0.05, 0.1) is 6.61 Å². The molecule has 0 spiro atoms. The molecule has 1 aliphatic rings. The maximum atomic E-state index is 11.8. The summed E-state index contributed by atoms with van der Waals surface area (Å²) < 4.78 is 26.5. The molecule has 0 bridgehead atoms. The minimum atomic E-state index is -1.82. The number of carbonyl (C=O) groups is 1. The highest BCUT2D eigenvalue weighted by atomic mass is 32.3. The van der Waals surface area contributed by atoms with E-state index < -0.39 is 29.9 Å². The minimum absolute atomic E-state index is 0.288. The summed E-state index contributed by atoms with van der Waals surface area (Å²) in [4.78, 5) is 11.8. The SMILES string of the molecule is CCCCCCCCCCCCCCC[C@@H]1O[S+]([O-])O[C@@H]1C(=O)OCC. The van der Waals surface area contributed by atoms with Gasteiger partial charge < -0.3 is 9.29 Å². The van der Waals surface area contributed by atoms with Gasteiger partial charge in [-0.15, -0.1) is 8.37 Å². The van der Waals surface area contributed by atoms with E-state index in [-0.39, 0.29) is 6.61 Å². The number of hydrogen-bond acceptors (Lipinski definition) is 5. The molecular formula is C20H38O5S. The van der Waals surface area contributed by atoms with Crippen LogP contribution in [-0.4, -0.2) is 29.3 Å². The normalized spacial score (nSPS) is 22.7. The fraction of sp³-hybridized carbons (Fsp3) is 0.950. The third kappa shape index (κ3) is 10.8. The number of esters is 1. The van der Waals surface area contributed by atoms with Crippen molar-refractivity contribution in [1.29, 1.82) is 0 Å². The molecule has 0 saturated carbocycles. The molecule has 1 unspecified atom stereocenters. The lowest BCUT2D eigenvalue weighted by molar-refractivity contribution is -0.152. The highest BCUT2D eigenvalue weighted by Gasteiger charge is 2.47. The molecule has 0 radical (unpaired) electrons. The Labute approximate surface area is 163 Å². The zero-order chi connectivity index (χ0) is 19.0. The Hall–Kier alpha value is -0.300. The van der Waals surface area contributed by atoms with E-state index in [0.29, 0.717) is 6.42 Å². The summed E-state index contributed by atoms with van der Waals surface area (Å²) in [6.07, 6.45) is 16.3. The van der Waals surface area contributed by atoms with Crippen LogP contribution in [0.1, 0.15) is 104 Å². The monoisotopic (exact) mass is 390 g/mol. The fourth-order valence-electron chi connectivity index (χ4n) is 3.30. The zero-order valence-corrected chi connectivity index (χ0v) is 17.5. The van der Waals surface area contributed by atoms with Crippen molar-refractivity contribution in [2.45, 2.75) is 116 Å². The van der Waals surface area contributed by atoms with Crippen LogP contribution in [-0.2, 0) is 29.6 Å². The van der Waals surface area contributed by atoms with E-state index in [9.17, 15) is 9.35 Å². The molecule has 26 heavy (non-hydrogen) atoms. The predicted octanol–water partition coefficient (Wildman–Crippen LogP) is 5.39. The van der Waals surface area contributed by atoms with Crippen LogP contribution in [0.2, 0.25) is 0 Å². The van der Waals surface area contributed by atoms with E-state index in [0.717, 1.165) is 12.8 Å². The van der Waals surface area contributed by atoms with Gasteiger partial charge in [0.2, 0.25) is 6.10 Å². The zero-order valence-electron chi connectivity index (χ0n) is 16.7. The average molecular weight is 391 g/mol.